The van der Waals surface area contributed by atoms with Crippen LogP contribution in [0.15, 0.2) is 24.3 Å². The van der Waals surface area contributed by atoms with E-state index in [0.29, 0.717) is 19.3 Å². The first kappa shape index (κ1) is 16.9. The number of carbonyl (C=O) groups excluding carboxylic acids is 1. The molecule has 0 bridgehead atoms. The van der Waals surface area contributed by atoms with Crippen LogP contribution in [0.2, 0.25) is 0 Å². The molecule has 0 aromatic carbocycles. The fraction of sp³-hybridized carbons (Fsp3) is 0.750. The molecule has 0 radical (unpaired) electrons. The summed E-state index contributed by atoms with van der Waals surface area (Å²) in [5.41, 5.74) is -1.52. The highest BCUT2D eigenvalue weighted by atomic mass is 16.3. The zero-order valence-electron chi connectivity index (χ0n) is 14.9. The maximum Gasteiger partial charge on any atom is 0.159 e. The van der Waals surface area contributed by atoms with Crippen molar-refractivity contribution < 1.29 is 15.0 Å². The minimum atomic E-state index is -1.09. The van der Waals surface area contributed by atoms with Gasteiger partial charge in [0.15, 0.2) is 5.78 Å². The highest BCUT2D eigenvalue weighted by Crippen LogP contribution is 2.64. The van der Waals surface area contributed by atoms with Crippen LogP contribution < -0.4 is 0 Å². The zero-order chi connectivity index (χ0) is 17.3. The van der Waals surface area contributed by atoms with Crippen molar-refractivity contribution in [1.29, 1.82) is 0 Å². The van der Waals surface area contributed by atoms with Crippen molar-refractivity contribution in [3.05, 3.63) is 24.3 Å². The first-order valence-corrected chi connectivity index (χ1v) is 8.81. The van der Waals surface area contributed by atoms with E-state index in [2.05, 4.69) is 20.4 Å². The molecule has 0 aliphatic heterocycles. The summed E-state index contributed by atoms with van der Waals surface area (Å²) in [5.74, 6) is -0.286. The lowest BCUT2D eigenvalue weighted by molar-refractivity contribution is -0.199. The van der Waals surface area contributed by atoms with Crippen LogP contribution in [-0.4, -0.2) is 27.7 Å². The van der Waals surface area contributed by atoms with Gasteiger partial charge in [-0.3, -0.25) is 4.79 Å². The summed E-state index contributed by atoms with van der Waals surface area (Å²) < 4.78 is 0. The molecule has 0 unspecified atom stereocenters. The Labute approximate surface area is 139 Å². The number of hydrogen-bond donors (Lipinski definition) is 2. The topological polar surface area (TPSA) is 57.5 Å². The smallest absolute Gasteiger partial charge is 0.159 e. The largest absolute Gasteiger partial charge is 0.392 e. The molecule has 0 amide bonds. The molecule has 128 valence electrons. The van der Waals surface area contributed by atoms with Gasteiger partial charge in [-0.1, -0.05) is 33.8 Å². The van der Waals surface area contributed by atoms with E-state index in [1.807, 2.05) is 19.9 Å². The molecule has 5 atom stereocenters. The predicted molar refractivity (Wildman–Crippen MR) is 90.8 cm³/mol. The molecule has 0 aromatic heterocycles. The molecule has 3 aliphatic carbocycles. The number of aliphatic hydroxyl groups excluding tert-OH is 1. The van der Waals surface area contributed by atoms with Crippen LogP contribution in [0, 0.1) is 22.2 Å². The molecule has 23 heavy (non-hydrogen) atoms. The molecule has 2 saturated carbocycles. The summed E-state index contributed by atoms with van der Waals surface area (Å²) in [6.45, 7) is 12.1. The Bertz CT molecular complexity index is 590. The summed E-state index contributed by atoms with van der Waals surface area (Å²) in [7, 11) is 0. The number of fused-ring (bicyclic) bond motifs is 3. The minimum Gasteiger partial charge on any atom is -0.392 e. The number of ketones is 1. The van der Waals surface area contributed by atoms with Gasteiger partial charge in [0.25, 0.3) is 0 Å². The van der Waals surface area contributed by atoms with Crippen LogP contribution in [0.1, 0.15) is 59.8 Å². The number of aliphatic hydroxyl groups is 2. The Morgan fingerprint density at radius 3 is 2.48 bits per heavy atom. The average Bonchev–Trinajstić information content (AvgIpc) is 2.45. The molecule has 0 heterocycles. The molecule has 0 aromatic rings. The summed E-state index contributed by atoms with van der Waals surface area (Å²) in [6, 6.07) is 0. The van der Waals surface area contributed by atoms with Gasteiger partial charge in [-0.15, -0.1) is 6.58 Å². The predicted octanol–water partition coefficient (Wildman–Crippen LogP) is 3.41. The standard InChI is InChI=1S/C20H30O3/c1-6-18(4)11-13-14(21)10-15-17(2,3)8-7-9-20(15,23)19(13,5)16(22)12-18/h6,10,13,16,22-23H,1,7-9,11-12H2,2-5H3/t13-,16-,18+,19-,20-/m0/s1. The van der Waals surface area contributed by atoms with Crippen molar-refractivity contribution in [2.45, 2.75) is 71.5 Å². The maximum absolute atomic E-state index is 12.9. The minimum absolute atomic E-state index is 0.0639. The molecule has 0 saturated heterocycles. The van der Waals surface area contributed by atoms with Crippen LogP contribution in [0.25, 0.3) is 0 Å². The second kappa shape index (κ2) is 4.80. The van der Waals surface area contributed by atoms with Gasteiger partial charge in [-0.25, -0.2) is 0 Å². The molecular weight excluding hydrogens is 288 g/mol. The van der Waals surface area contributed by atoms with Gasteiger partial charge in [-0.2, -0.15) is 0 Å². The monoisotopic (exact) mass is 318 g/mol. The van der Waals surface area contributed by atoms with Gasteiger partial charge in [0, 0.05) is 11.3 Å². The molecule has 2 N–H and O–H groups in total. The van der Waals surface area contributed by atoms with E-state index in [-0.39, 0.29) is 22.5 Å². The van der Waals surface area contributed by atoms with Crippen LogP contribution in [0.4, 0.5) is 0 Å². The third-order valence-electron chi connectivity index (χ3n) is 7.28. The average molecular weight is 318 g/mol. The summed E-state index contributed by atoms with van der Waals surface area (Å²) >= 11 is 0. The number of carbonyl (C=O) groups is 1. The number of rotatable bonds is 1. The van der Waals surface area contributed by atoms with Gasteiger partial charge in [0.1, 0.15) is 0 Å². The summed E-state index contributed by atoms with van der Waals surface area (Å²) in [5, 5.41) is 22.7. The zero-order valence-corrected chi connectivity index (χ0v) is 14.9. The van der Waals surface area contributed by atoms with Gasteiger partial charge < -0.3 is 10.2 Å². The van der Waals surface area contributed by atoms with E-state index >= 15 is 0 Å². The third kappa shape index (κ3) is 2.05. The van der Waals surface area contributed by atoms with Gasteiger partial charge >= 0.3 is 0 Å². The van der Waals surface area contributed by atoms with Gasteiger partial charge in [0.2, 0.25) is 0 Å². The molecule has 3 heteroatoms. The quantitative estimate of drug-likeness (QED) is 0.729. The highest BCUT2D eigenvalue weighted by Gasteiger charge is 2.66. The van der Waals surface area contributed by atoms with Crippen LogP contribution in [0.5, 0.6) is 0 Å². The lowest BCUT2D eigenvalue weighted by Crippen LogP contribution is -2.67. The lowest BCUT2D eigenvalue weighted by atomic mass is 9.43. The van der Waals surface area contributed by atoms with E-state index in [9.17, 15) is 15.0 Å². The van der Waals surface area contributed by atoms with E-state index in [1.165, 1.54) is 0 Å². The van der Waals surface area contributed by atoms with E-state index in [1.54, 1.807) is 6.08 Å². The molecular formula is C20H30O3. The normalized spacial score (nSPS) is 49.0. The third-order valence-corrected chi connectivity index (χ3v) is 7.28. The van der Waals surface area contributed by atoms with Crippen LogP contribution in [0.3, 0.4) is 0 Å². The number of hydrogen-bond acceptors (Lipinski definition) is 3. The fourth-order valence-corrected chi connectivity index (χ4v) is 5.51. The first-order chi connectivity index (χ1) is 10.5. The molecule has 3 aliphatic rings. The van der Waals surface area contributed by atoms with Crippen LogP contribution >= 0.6 is 0 Å². The Kier molecular flexibility index (Phi) is 3.53. The Balaban J connectivity index is 2.18. The van der Waals surface area contributed by atoms with Crippen molar-refractivity contribution in [2.24, 2.45) is 22.2 Å². The Morgan fingerprint density at radius 2 is 1.87 bits per heavy atom. The van der Waals surface area contributed by atoms with Gasteiger partial charge in [0.05, 0.1) is 11.7 Å². The second-order valence-corrected chi connectivity index (χ2v) is 9.18. The van der Waals surface area contributed by atoms with E-state index in [0.717, 1.165) is 18.4 Å². The fourth-order valence-electron chi connectivity index (χ4n) is 5.51. The van der Waals surface area contributed by atoms with Crippen molar-refractivity contribution in [2.75, 3.05) is 0 Å². The molecule has 0 spiro atoms. The Hall–Kier alpha value is -0.930. The lowest BCUT2D eigenvalue weighted by Gasteiger charge is -2.63. The van der Waals surface area contributed by atoms with Gasteiger partial charge in [-0.05, 0) is 54.6 Å². The van der Waals surface area contributed by atoms with Crippen molar-refractivity contribution in [1.82, 2.24) is 0 Å². The highest BCUT2D eigenvalue weighted by molar-refractivity contribution is 5.95. The van der Waals surface area contributed by atoms with Crippen molar-refractivity contribution >= 4 is 5.78 Å². The molecule has 2 fully saturated rings. The van der Waals surface area contributed by atoms with Crippen molar-refractivity contribution in [3.63, 3.8) is 0 Å². The first-order valence-electron chi connectivity index (χ1n) is 8.81. The van der Waals surface area contributed by atoms with Crippen LogP contribution in [-0.2, 0) is 4.79 Å². The van der Waals surface area contributed by atoms with E-state index < -0.39 is 17.1 Å². The molecule has 3 rings (SSSR count). The van der Waals surface area contributed by atoms with E-state index in [4.69, 9.17) is 0 Å². The summed E-state index contributed by atoms with van der Waals surface area (Å²) in [6.07, 6.45) is 6.56. The summed E-state index contributed by atoms with van der Waals surface area (Å²) in [4.78, 5) is 12.9. The SMILES string of the molecule is C=C[C@@]1(C)C[C@H](O)[C@]2(C)[C@@H](C1)C(=O)C=C1C(C)(C)CCC[C@]12O. The molecule has 3 nitrogen and oxygen atoms in total. The van der Waals surface area contributed by atoms with Crippen molar-refractivity contribution in [3.8, 4) is 0 Å². The maximum atomic E-state index is 12.9. The Morgan fingerprint density at radius 1 is 1.22 bits per heavy atom. The second-order valence-electron chi connectivity index (χ2n) is 9.18. The number of allylic oxidation sites excluding steroid dienone is 2.